The van der Waals surface area contributed by atoms with Crippen molar-refractivity contribution in [2.75, 3.05) is 0 Å². The van der Waals surface area contributed by atoms with Gasteiger partial charge in [0.1, 0.15) is 0 Å². The van der Waals surface area contributed by atoms with Crippen LogP contribution in [-0.2, 0) is 0 Å². The van der Waals surface area contributed by atoms with Crippen LogP contribution >= 0.6 is 0 Å². The van der Waals surface area contributed by atoms with Gasteiger partial charge in [-0.05, 0) is 38.0 Å². The van der Waals surface area contributed by atoms with Crippen LogP contribution in [0.3, 0.4) is 0 Å². The van der Waals surface area contributed by atoms with Crippen molar-refractivity contribution in [2.24, 2.45) is 11.8 Å². The smallest absolute Gasteiger partial charge is 0.274 e. The number of benzene rings is 1. The molecule has 0 saturated heterocycles. The Balaban J connectivity index is 2.08. The molecule has 0 bridgehead atoms. The number of rotatable bonds is 4. The first-order valence-electron chi connectivity index (χ1n) is 7.46. The third-order valence-electron chi connectivity index (χ3n) is 4.26. The lowest BCUT2D eigenvalue weighted by atomic mass is 9.80. The Kier molecular flexibility index (Phi) is 4.76. The molecule has 0 aromatic heterocycles. The molecular formula is C16H24N2O2. The van der Waals surface area contributed by atoms with E-state index in [1.54, 1.807) is 12.1 Å². The van der Waals surface area contributed by atoms with E-state index in [-0.39, 0.29) is 16.7 Å². The van der Waals surface area contributed by atoms with E-state index in [1.165, 1.54) is 6.42 Å². The average Bonchev–Trinajstić information content (AvgIpc) is 2.37. The standard InChI is InChI=1S/C16H24N2O2/c1-11-8-12(2)10-14(9-11)17-13(3)15-6-4-5-7-16(15)18(19)20/h4-7,11-14,17H,8-10H2,1-3H3. The molecular weight excluding hydrogens is 252 g/mol. The van der Waals surface area contributed by atoms with Crippen LogP contribution in [0.5, 0.6) is 0 Å². The SMILES string of the molecule is CC1CC(C)CC(NC(C)c2ccccc2[N+](=O)[O-])C1. The monoisotopic (exact) mass is 276 g/mol. The molecule has 1 N–H and O–H groups in total. The van der Waals surface area contributed by atoms with E-state index in [1.807, 2.05) is 19.1 Å². The van der Waals surface area contributed by atoms with Crippen LogP contribution in [0.4, 0.5) is 5.69 Å². The third-order valence-corrected chi connectivity index (χ3v) is 4.26. The Morgan fingerprint density at radius 1 is 1.20 bits per heavy atom. The molecule has 1 aliphatic rings. The van der Waals surface area contributed by atoms with Crippen molar-refractivity contribution in [3.8, 4) is 0 Å². The second-order valence-electron chi connectivity index (χ2n) is 6.32. The molecule has 0 spiro atoms. The minimum absolute atomic E-state index is 0.0131. The highest BCUT2D eigenvalue weighted by Crippen LogP contribution is 2.31. The zero-order valence-electron chi connectivity index (χ0n) is 12.5. The number of nitrogens with zero attached hydrogens (tertiary/aromatic N) is 1. The minimum atomic E-state index is -0.292. The molecule has 0 radical (unpaired) electrons. The second kappa shape index (κ2) is 6.35. The summed E-state index contributed by atoms with van der Waals surface area (Å²) < 4.78 is 0. The lowest BCUT2D eigenvalue weighted by Crippen LogP contribution is -2.37. The molecule has 2 rings (SSSR count). The fraction of sp³-hybridized carbons (Fsp3) is 0.625. The molecule has 3 unspecified atom stereocenters. The zero-order chi connectivity index (χ0) is 14.7. The van der Waals surface area contributed by atoms with Crippen LogP contribution in [0.25, 0.3) is 0 Å². The molecule has 1 aromatic carbocycles. The van der Waals surface area contributed by atoms with Gasteiger partial charge in [0.05, 0.1) is 4.92 Å². The van der Waals surface area contributed by atoms with E-state index >= 15 is 0 Å². The fourth-order valence-electron chi connectivity index (χ4n) is 3.55. The lowest BCUT2D eigenvalue weighted by molar-refractivity contribution is -0.385. The van der Waals surface area contributed by atoms with Gasteiger partial charge in [0.25, 0.3) is 5.69 Å². The lowest BCUT2D eigenvalue weighted by Gasteiger charge is -2.34. The summed E-state index contributed by atoms with van der Waals surface area (Å²) in [5.74, 6) is 1.46. The fourth-order valence-corrected chi connectivity index (χ4v) is 3.55. The van der Waals surface area contributed by atoms with Crippen molar-refractivity contribution >= 4 is 5.69 Å². The summed E-state index contributed by atoms with van der Waals surface area (Å²) in [6, 6.07) is 7.50. The van der Waals surface area contributed by atoms with Crippen LogP contribution in [0.1, 0.15) is 51.6 Å². The molecule has 1 aliphatic carbocycles. The molecule has 0 heterocycles. The van der Waals surface area contributed by atoms with Crippen molar-refractivity contribution in [1.82, 2.24) is 5.32 Å². The molecule has 3 atom stereocenters. The molecule has 1 fully saturated rings. The first-order chi connectivity index (χ1) is 9.47. The van der Waals surface area contributed by atoms with Crippen LogP contribution in [0.15, 0.2) is 24.3 Å². The van der Waals surface area contributed by atoms with Crippen molar-refractivity contribution in [3.05, 3.63) is 39.9 Å². The first kappa shape index (κ1) is 15.0. The Morgan fingerprint density at radius 2 is 1.80 bits per heavy atom. The molecule has 0 amide bonds. The summed E-state index contributed by atoms with van der Waals surface area (Å²) in [7, 11) is 0. The van der Waals surface area contributed by atoms with Crippen molar-refractivity contribution in [1.29, 1.82) is 0 Å². The number of nitrogens with one attached hydrogen (secondary N) is 1. The molecule has 20 heavy (non-hydrogen) atoms. The van der Waals surface area contributed by atoms with E-state index in [9.17, 15) is 10.1 Å². The highest BCUT2D eigenvalue weighted by molar-refractivity contribution is 5.41. The van der Waals surface area contributed by atoms with Gasteiger partial charge in [-0.1, -0.05) is 32.0 Å². The first-order valence-corrected chi connectivity index (χ1v) is 7.46. The van der Waals surface area contributed by atoms with E-state index < -0.39 is 0 Å². The second-order valence-corrected chi connectivity index (χ2v) is 6.32. The van der Waals surface area contributed by atoms with Gasteiger partial charge in [-0.3, -0.25) is 10.1 Å². The summed E-state index contributed by atoms with van der Waals surface area (Å²) in [6.45, 7) is 6.60. The summed E-state index contributed by atoms with van der Waals surface area (Å²) in [5, 5.41) is 14.7. The number of hydrogen-bond acceptors (Lipinski definition) is 3. The predicted molar refractivity (Wildman–Crippen MR) is 80.6 cm³/mol. The summed E-state index contributed by atoms with van der Waals surface area (Å²) in [5.41, 5.74) is 0.993. The molecule has 1 aromatic rings. The van der Waals surface area contributed by atoms with Gasteiger partial charge in [-0.2, -0.15) is 0 Å². The number of nitro groups is 1. The van der Waals surface area contributed by atoms with E-state index in [4.69, 9.17) is 0 Å². The maximum absolute atomic E-state index is 11.1. The molecule has 4 heteroatoms. The Labute approximate surface area is 120 Å². The Bertz CT molecular complexity index is 465. The normalized spacial score (nSPS) is 28.1. The number of hydrogen-bond donors (Lipinski definition) is 1. The number of nitro benzene ring substituents is 1. The van der Waals surface area contributed by atoms with Gasteiger partial charge in [-0.15, -0.1) is 0 Å². The summed E-state index contributed by atoms with van der Waals surface area (Å²) in [6.07, 6.45) is 3.61. The van der Waals surface area contributed by atoms with Crippen molar-refractivity contribution in [2.45, 2.75) is 52.1 Å². The van der Waals surface area contributed by atoms with Crippen LogP contribution < -0.4 is 5.32 Å². The van der Waals surface area contributed by atoms with E-state index in [0.29, 0.717) is 6.04 Å². The third kappa shape index (κ3) is 3.57. The van der Waals surface area contributed by atoms with Crippen molar-refractivity contribution < 1.29 is 4.92 Å². The topological polar surface area (TPSA) is 55.2 Å². The van der Waals surface area contributed by atoms with Gasteiger partial charge < -0.3 is 5.32 Å². The molecule has 1 saturated carbocycles. The van der Waals surface area contributed by atoms with Gasteiger partial charge >= 0.3 is 0 Å². The molecule has 110 valence electrons. The Hall–Kier alpha value is -1.42. The maximum atomic E-state index is 11.1. The van der Waals surface area contributed by atoms with Crippen LogP contribution in [0, 0.1) is 22.0 Å². The zero-order valence-corrected chi connectivity index (χ0v) is 12.5. The van der Waals surface area contributed by atoms with Gasteiger partial charge in [0, 0.05) is 23.7 Å². The van der Waals surface area contributed by atoms with Crippen LogP contribution in [-0.4, -0.2) is 11.0 Å². The van der Waals surface area contributed by atoms with Gasteiger partial charge in [0.2, 0.25) is 0 Å². The maximum Gasteiger partial charge on any atom is 0.274 e. The summed E-state index contributed by atoms with van der Waals surface area (Å²) >= 11 is 0. The highest BCUT2D eigenvalue weighted by Gasteiger charge is 2.26. The average molecular weight is 276 g/mol. The highest BCUT2D eigenvalue weighted by atomic mass is 16.6. The van der Waals surface area contributed by atoms with Gasteiger partial charge in [-0.25, -0.2) is 0 Å². The van der Waals surface area contributed by atoms with Gasteiger partial charge in [0.15, 0.2) is 0 Å². The van der Waals surface area contributed by atoms with E-state index in [0.717, 1.165) is 30.2 Å². The Morgan fingerprint density at radius 3 is 2.40 bits per heavy atom. The van der Waals surface area contributed by atoms with Crippen LogP contribution in [0.2, 0.25) is 0 Å². The molecule has 0 aliphatic heterocycles. The number of para-hydroxylation sites is 1. The quantitative estimate of drug-likeness (QED) is 0.666. The predicted octanol–water partition coefficient (Wildman–Crippen LogP) is 4.07. The minimum Gasteiger partial charge on any atom is -0.307 e. The largest absolute Gasteiger partial charge is 0.307 e. The molecule has 4 nitrogen and oxygen atoms in total. The van der Waals surface area contributed by atoms with E-state index in [2.05, 4.69) is 19.2 Å². The van der Waals surface area contributed by atoms with Crippen molar-refractivity contribution in [3.63, 3.8) is 0 Å². The summed E-state index contributed by atoms with van der Waals surface area (Å²) in [4.78, 5) is 10.8.